The lowest BCUT2D eigenvalue weighted by Crippen LogP contribution is -2.36. The van der Waals surface area contributed by atoms with Crippen molar-refractivity contribution in [2.45, 2.75) is 13.5 Å². The van der Waals surface area contributed by atoms with Gasteiger partial charge in [0.2, 0.25) is 0 Å². The molecule has 0 saturated carbocycles. The van der Waals surface area contributed by atoms with Crippen LogP contribution < -0.4 is 15.4 Å². The van der Waals surface area contributed by atoms with Gasteiger partial charge in [0.1, 0.15) is 24.7 Å². The molecule has 0 spiro atoms. The third kappa shape index (κ3) is 6.35. The summed E-state index contributed by atoms with van der Waals surface area (Å²) in [4.78, 5) is 37.8. The van der Waals surface area contributed by atoms with E-state index in [-0.39, 0.29) is 49.6 Å². The molecule has 0 aliphatic rings. The summed E-state index contributed by atoms with van der Waals surface area (Å²) in [5, 5.41) is 23.2. The van der Waals surface area contributed by atoms with Crippen molar-refractivity contribution in [3.63, 3.8) is 0 Å². The molecule has 13 nitrogen and oxygen atoms in total. The predicted octanol–water partition coefficient (Wildman–Crippen LogP) is 0.456. The van der Waals surface area contributed by atoms with Crippen LogP contribution in [0.3, 0.4) is 0 Å². The summed E-state index contributed by atoms with van der Waals surface area (Å²) < 4.78 is 11.5. The van der Waals surface area contributed by atoms with Crippen molar-refractivity contribution < 1.29 is 23.8 Å². The predicted molar refractivity (Wildman–Crippen MR) is 104 cm³/mol. The molecule has 3 aromatic rings. The topological polar surface area (TPSA) is 167 Å². The third-order valence-electron chi connectivity index (χ3n) is 3.92. The second-order valence-corrected chi connectivity index (χ2v) is 6.38. The zero-order valence-corrected chi connectivity index (χ0v) is 16.5. The van der Waals surface area contributed by atoms with Crippen LogP contribution in [0.4, 0.5) is 5.69 Å². The third-order valence-corrected chi connectivity index (χ3v) is 3.92. The van der Waals surface area contributed by atoms with Gasteiger partial charge in [0.15, 0.2) is 12.4 Å². The maximum absolute atomic E-state index is 12.0. The highest BCUT2D eigenvalue weighted by atomic mass is 16.6. The molecule has 0 unspecified atom stereocenters. The lowest BCUT2D eigenvalue weighted by Gasteiger charge is -2.08. The van der Waals surface area contributed by atoms with E-state index in [2.05, 4.69) is 25.9 Å². The van der Waals surface area contributed by atoms with Gasteiger partial charge in [-0.05, 0) is 19.1 Å². The molecule has 0 fully saturated rings. The van der Waals surface area contributed by atoms with Crippen molar-refractivity contribution >= 4 is 17.5 Å². The van der Waals surface area contributed by atoms with Gasteiger partial charge < -0.3 is 19.9 Å². The van der Waals surface area contributed by atoms with Gasteiger partial charge in [0.25, 0.3) is 5.91 Å². The minimum atomic E-state index is -0.615. The maximum Gasteiger partial charge on any atom is 0.316 e. The molecule has 2 N–H and O–H groups in total. The van der Waals surface area contributed by atoms with Gasteiger partial charge in [-0.15, -0.1) is 0 Å². The number of carbonyl (C=O) groups is 2. The van der Waals surface area contributed by atoms with Gasteiger partial charge in [-0.25, -0.2) is 0 Å². The van der Waals surface area contributed by atoms with Crippen LogP contribution in [0.1, 0.15) is 22.1 Å². The van der Waals surface area contributed by atoms with Crippen molar-refractivity contribution in [1.29, 1.82) is 0 Å². The Labute approximate surface area is 175 Å². The molecule has 3 rings (SSSR count). The molecule has 0 saturated heterocycles. The summed E-state index contributed by atoms with van der Waals surface area (Å²) in [6.07, 6.45) is 2.30. The number of ether oxygens (including phenoxy) is 1. The Morgan fingerprint density at radius 3 is 2.68 bits per heavy atom. The fraction of sp³-hybridized carbons (Fsp3) is 0.278. The van der Waals surface area contributed by atoms with Gasteiger partial charge in [0.05, 0.1) is 4.92 Å². The van der Waals surface area contributed by atoms with E-state index in [0.29, 0.717) is 5.75 Å². The average molecular weight is 429 g/mol. The molecule has 31 heavy (non-hydrogen) atoms. The van der Waals surface area contributed by atoms with Crippen molar-refractivity contribution in [3.8, 4) is 5.75 Å². The summed E-state index contributed by atoms with van der Waals surface area (Å²) in [7, 11) is 0. The molecule has 13 heteroatoms. The van der Waals surface area contributed by atoms with Crippen LogP contribution >= 0.6 is 0 Å². The van der Waals surface area contributed by atoms with Crippen LogP contribution in [0, 0.1) is 17.0 Å². The monoisotopic (exact) mass is 429 g/mol. The van der Waals surface area contributed by atoms with Gasteiger partial charge in [-0.2, -0.15) is 10.1 Å². The SMILES string of the molecule is Cc1ccc(OCC(=O)NCCNC(=O)c2nc(Cn3cc([N+](=O)[O-])cn3)no2)cc1. The van der Waals surface area contributed by atoms with Crippen LogP contribution in [0.25, 0.3) is 0 Å². The summed E-state index contributed by atoms with van der Waals surface area (Å²) in [6, 6.07) is 7.30. The number of aryl methyl sites for hydroxylation is 1. The molecule has 0 radical (unpaired) electrons. The lowest BCUT2D eigenvalue weighted by molar-refractivity contribution is -0.385. The van der Waals surface area contributed by atoms with E-state index in [1.165, 1.54) is 10.9 Å². The van der Waals surface area contributed by atoms with Gasteiger partial charge >= 0.3 is 17.5 Å². The quantitative estimate of drug-likeness (QED) is 0.264. The van der Waals surface area contributed by atoms with Crippen LogP contribution in [0.15, 0.2) is 41.2 Å². The Balaban J connectivity index is 1.36. The minimum absolute atomic E-state index is 0.00165. The van der Waals surface area contributed by atoms with E-state index in [1.807, 2.05) is 19.1 Å². The Bertz CT molecular complexity index is 1060. The van der Waals surface area contributed by atoms with Crippen molar-refractivity contribution in [3.05, 3.63) is 64.1 Å². The number of rotatable bonds is 10. The van der Waals surface area contributed by atoms with E-state index in [0.717, 1.165) is 11.8 Å². The number of carbonyl (C=O) groups excluding carboxylic acids is 2. The minimum Gasteiger partial charge on any atom is -0.484 e. The molecule has 0 atom stereocenters. The number of aromatic nitrogens is 4. The summed E-state index contributed by atoms with van der Waals surface area (Å²) in [6.45, 7) is 2.13. The standard InChI is InChI=1S/C18H19N7O6/c1-12-2-4-14(5-3-12)30-11-16(26)19-6-7-20-17(27)18-22-15(23-31-18)10-24-9-13(8-21-24)25(28)29/h2-5,8-9H,6-7,10-11H2,1H3,(H,19,26)(H,20,27). The number of hydrogen-bond donors (Lipinski definition) is 2. The lowest BCUT2D eigenvalue weighted by atomic mass is 10.2. The molecular weight excluding hydrogens is 410 g/mol. The van der Waals surface area contributed by atoms with Crippen molar-refractivity contribution in [2.24, 2.45) is 0 Å². The van der Waals surface area contributed by atoms with Crippen LogP contribution in [-0.4, -0.2) is 56.4 Å². The van der Waals surface area contributed by atoms with E-state index in [9.17, 15) is 19.7 Å². The van der Waals surface area contributed by atoms with E-state index in [4.69, 9.17) is 9.26 Å². The molecule has 2 aromatic heterocycles. The zero-order chi connectivity index (χ0) is 22.2. The van der Waals surface area contributed by atoms with Crippen LogP contribution in [-0.2, 0) is 11.3 Å². The Morgan fingerprint density at radius 2 is 1.97 bits per heavy atom. The van der Waals surface area contributed by atoms with Crippen molar-refractivity contribution in [1.82, 2.24) is 30.6 Å². The number of benzene rings is 1. The van der Waals surface area contributed by atoms with Crippen LogP contribution in [0.2, 0.25) is 0 Å². The number of nitrogens with zero attached hydrogens (tertiary/aromatic N) is 5. The molecule has 1 aromatic carbocycles. The number of nitrogens with one attached hydrogen (secondary N) is 2. The number of amides is 2. The summed E-state index contributed by atoms with van der Waals surface area (Å²) in [5.41, 5.74) is 0.916. The number of hydrogen-bond acceptors (Lipinski definition) is 9. The first-order valence-electron chi connectivity index (χ1n) is 9.14. The molecule has 2 amide bonds. The smallest absolute Gasteiger partial charge is 0.316 e. The molecular formula is C18H19N7O6. The largest absolute Gasteiger partial charge is 0.484 e. The number of nitro groups is 1. The first-order valence-corrected chi connectivity index (χ1v) is 9.14. The molecule has 162 valence electrons. The fourth-order valence-corrected chi connectivity index (χ4v) is 2.38. The normalized spacial score (nSPS) is 10.5. The van der Waals surface area contributed by atoms with Gasteiger partial charge in [-0.3, -0.25) is 24.4 Å². The highest BCUT2D eigenvalue weighted by Crippen LogP contribution is 2.11. The Morgan fingerprint density at radius 1 is 1.23 bits per heavy atom. The second kappa shape index (κ2) is 9.96. The average Bonchev–Trinajstić information content (AvgIpc) is 3.41. The van der Waals surface area contributed by atoms with Crippen molar-refractivity contribution in [2.75, 3.05) is 19.7 Å². The highest BCUT2D eigenvalue weighted by Gasteiger charge is 2.16. The first kappa shape index (κ1) is 21.4. The Kier molecular flexibility index (Phi) is 6.88. The highest BCUT2D eigenvalue weighted by molar-refractivity contribution is 5.89. The maximum atomic E-state index is 12.0. The van der Waals surface area contributed by atoms with Gasteiger partial charge in [-0.1, -0.05) is 22.9 Å². The molecule has 0 aliphatic carbocycles. The van der Waals surface area contributed by atoms with E-state index < -0.39 is 10.8 Å². The Hall–Kier alpha value is -4.29. The van der Waals surface area contributed by atoms with Gasteiger partial charge in [0, 0.05) is 13.1 Å². The summed E-state index contributed by atoms with van der Waals surface area (Å²) in [5.74, 6) is -0.500. The van der Waals surface area contributed by atoms with E-state index in [1.54, 1.807) is 12.1 Å². The zero-order valence-electron chi connectivity index (χ0n) is 16.5. The van der Waals surface area contributed by atoms with E-state index >= 15 is 0 Å². The summed E-state index contributed by atoms with van der Waals surface area (Å²) >= 11 is 0. The van der Waals surface area contributed by atoms with Crippen LogP contribution in [0.5, 0.6) is 5.75 Å². The molecule has 0 bridgehead atoms. The second-order valence-electron chi connectivity index (χ2n) is 6.38. The fourth-order valence-electron chi connectivity index (χ4n) is 2.38. The molecule has 0 aliphatic heterocycles. The molecule has 2 heterocycles. The first-order chi connectivity index (χ1) is 14.9.